The number of H-pyrrole nitrogens is 1. The van der Waals surface area contributed by atoms with Gasteiger partial charge in [-0.15, -0.1) is 0 Å². The fraction of sp³-hybridized carbons (Fsp3) is 0.500. The molecular weight excluding hydrogens is 304 g/mol. The fourth-order valence-corrected chi connectivity index (χ4v) is 3.84. The molecule has 24 heavy (non-hydrogen) atoms. The van der Waals surface area contributed by atoms with Crippen molar-refractivity contribution in [2.75, 3.05) is 19.6 Å². The Morgan fingerprint density at radius 1 is 1.25 bits per heavy atom. The number of aromatic amines is 1. The zero-order chi connectivity index (χ0) is 16.6. The van der Waals surface area contributed by atoms with E-state index in [1.54, 1.807) is 0 Å². The summed E-state index contributed by atoms with van der Waals surface area (Å²) in [6.07, 6.45) is 3.57. The molecule has 2 aliphatic heterocycles. The van der Waals surface area contributed by atoms with Crippen LogP contribution in [0.4, 0.5) is 0 Å². The van der Waals surface area contributed by atoms with Crippen molar-refractivity contribution in [2.24, 2.45) is 5.41 Å². The van der Waals surface area contributed by atoms with Gasteiger partial charge in [0.15, 0.2) is 0 Å². The third-order valence-electron chi connectivity index (χ3n) is 5.39. The minimum absolute atomic E-state index is 0.0899. The number of hydrogen-bond donors (Lipinski definition) is 2. The van der Waals surface area contributed by atoms with E-state index in [9.17, 15) is 9.59 Å². The number of aryl methyl sites for hydroxylation is 1. The fourth-order valence-electron chi connectivity index (χ4n) is 3.84. The first-order chi connectivity index (χ1) is 11.6. The van der Waals surface area contributed by atoms with Crippen molar-refractivity contribution in [3.8, 4) is 0 Å². The monoisotopic (exact) mass is 326 g/mol. The van der Waals surface area contributed by atoms with Gasteiger partial charge in [-0.1, -0.05) is 12.1 Å². The second-order valence-corrected chi connectivity index (χ2v) is 7.03. The quantitative estimate of drug-likeness (QED) is 0.900. The standard InChI is InChI=1S/C18H22N4O2/c23-16-11-18(12-19-16)7-9-22(10-8-18)17(24)6-5-15-20-13-3-1-2-4-14(13)21-15/h1-4H,5-12H2,(H,19,23)(H,20,21). The van der Waals surface area contributed by atoms with Crippen LogP contribution < -0.4 is 5.32 Å². The highest BCUT2D eigenvalue weighted by Gasteiger charge is 2.41. The summed E-state index contributed by atoms with van der Waals surface area (Å²) in [6.45, 7) is 2.29. The lowest BCUT2D eigenvalue weighted by Gasteiger charge is -2.38. The molecule has 0 aliphatic carbocycles. The Kier molecular flexibility index (Phi) is 3.75. The van der Waals surface area contributed by atoms with Gasteiger partial charge in [0, 0.05) is 38.9 Å². The van der Waals surface area contributed by atoms with Crippen LogP contribution in [0.5, 0.6) is 0 Å². The summed E-state index contributed by atoms with van der Waals surface area (Å²) in [6, 6.07) is 7.90. The van der Waals surface area contributed by atoms with Crippen molar-refractivity contribution < 1.29 is 9.59 Å². The number of nitrogens with one attached hydrogen (secondary N) is 2. The molecule has 6 heteroatoms. The van der Waals surface area contributed by atoms with Gasteiger partial charge in [0.05, 0.1) is 11.0 Å². The van der Waals surface area contributed by atoms with Gasteiger partial charge in [-0.05, 0) is 30.4 Å². The number of hydrogen-bond acceptors (Lipinski definition) is 3. The highest BCUT2D eigenvalue weighted by molar-refractivity contribution is 5.80. The van der Waals surface area contributed by atoms with Crippen molar-refractivity contribution in [3.05, 3.63) is 30.1 Å². The number of nitrogens with zero attached hydrogens (tertiary/aromatic N) is 2. The molecule has 126 valence electrons. The maximum Gasteiger partial charge on any atom is 0.223 e. The number of amides is 2. The molecule has 0 atom stereocenters. The molecule has 0 radical (unpaired) electrons. The summed E-state index contributed by atoms with van der Waals surface area (Å²) in [5.74, 6) is 1.20. The van der Waals surface area contributed by atoms with E-state index in [2.05, 4.69) is 15.3 Å². The molecule has 1 aromatic carbocycles. The Labute approximate surface area is 140 Å². The first kappa shape index (κ1) is 15.2. The average molecular weight is 326 g/mol. The van der Waals surface area contributed by atoms with Gasteiger partial charge < -0.3 is 15.2 Å². The predicted octanol–water partition coefficient (Wildman–Crippen LogP) is 1.62. The highest BCUT2D eigenvalue weighted by atomic mass is 16.2. The molecule has 2 amide bonds. The Hall–Kier alpha value is -2.37. The molecule has 2 fully saturated rings. The van der Waals surface area contributed by atoms with E-state index in [-0.39, 0.29) is 17.2 Å². The first-order valence-electron chi connectivity index (χ1n) is 8.62. The van der Waals surface area contributed by atoms with Crippen LogP contribution in [-0.4, -0.2) is 46.3 Å². The number of rotatable bonds is 3. The lowest BCUT2D eigenvalue weighted by Crippen LogP contribution is -2.44. The van der Waals surface area contributed by atoms with E-state index < -0.39 is 0 Å². The number of aromatic nitrogens is 2. The molecule has 1 aromatic heterocycles. The van der Waals surface area contributed by atoms with Crippen LogP contribution in [0.25, 0.3) is 11.0 Å². The Bertz CT molecular complexity index is 741. The number of benzene rings is 1. The zero-order valence-electron chi connectivity index (χ0n) is 13.7. The summed E-state index contributed by atoms with van der Waals surface area (Å²) in [5.41, 5.74) is 2.04. The van der Waals surface area contributed by atoms with Gasteiger partial charge in [0.1, 0.15) is 5.82 Å². The third kappa shape index (κ3) is 2.88. The number of imidazole rings is 1. The molecule has 2 aliphatic rings. The van der Waals surface area contributed by atoms with Crippen LogP contribution in [0.15, 0.2) is 24.3 Å². The predicted molar refractivity (Wildman–Crippen MR) is 90.3 cm³/mol. The van der Waals surface area contributed by atoms with Crippen LogP contribution in [0, 0.1) is 5.41 Å². The Morgan fingerprint density at radius 2 is 2.04 bits per heavy atom. The zero-order valence-corrected chi connectivity index (χ0v) is 13.7. The van der Waals surface area contributed by atoms with Gasteiger partial charge in [0.25, 0.3) is 0 Å². The van der Waals surface area contributed by atoms with Crippen molar-refractivity contribution in [1.29, 1.82) is 0 Å². The molecule has 0 saturated carbocycles. The normalized spacial score (nSPS) is 19.8. The van der Waals surface area contributed by atoms with E-state index in [1.807, 2.05) is 29.2 Å². The van der Waals surface area contributed by atoms with E-state index in [0.29, 0.717) is 19.3 Å². The Morgan fingerprint density at radius 3 is 2.75 bits per heavy atom. The second-order valence-electron chi connectivity index (χ2n) is 7.03. The second kappa shape index (κ2) is 5.92. The molecule has 0 unspecified atom stereocenters. The first-order valence-corrected chi connectivity index (χ1v) is 8.62. The molecule has 2 aromatic rings. The van der Waals surface area contributed by atoms with Crippen LogP contribution in [-0.2, 0) is 16.0 Å². The number of fused-ring (bicyclic) bond motifs is 1. The van der Waals surface area contributed by atoms with Crippen LogP contribution in [0.2, 0.25) is 0 Å². The van der Waals surface area contributed by atoms with Crippen LogP contribution in [0.1, 0.15) is 31.5 Å². The van der Waals surface area contributed by atoms with E-state index in [0.717, 1.165) is 49.3 Å². The summed E-state index contributed by atoms with van der Waals surface area (Å²) in [5, 5.41) is 2.93. The van der Waals surface area contributed by atoms with Gasteiger partial charge in [0.2, 0.25) is 11.8 Å². The number of para-hydroxylation sites is 2. The lowest BCUT2D eigenvalue weighted by molar-refractivity contribution is -0.133. The number of carbonyl (C=O) groups excluding carboxylic acids is 2. The number of carbonyl (C=O) groups is 2. The molecule has 3 heterocycles. The molecule has 0 bridgehead atoms. The minimum atomic E-state index is 0.0899. The highest BCUT2D eigenvalue weighted by Crippen LogP contribution is 2.37. The topological polar surface area (TPSA) is 78.1 Å². The van der Waals surface area contributed by atoms with Crippen LogP contribution in [0.3, 0.4) is 0 Å². The SMILES string of the molecule is O=C1CC2(CCN(C(=O)CCc3nc4ccccc4[nH]3)CC2)CN1. The molecule has 4 rings (SSSR count). The maximum atomic E-state index is 12.5. The smallest absolute Gasteiger partial charge is 0.223 e. The molecule has 2 saturated heterocycles. The van der Waals surface area contributed by atoms with Gasteiger partial charge in [-0.2, -0.15) is 0 Å². The van der Waals surface area contributed by atoms with Crippen molar-refractivity contribution >= 4 is 22.8 Å². The number of piperidine rings is 1. The number of likely N-dealkylation sites (tertiary alicyclic amines) is 1. The Balaban J connectivity index is 1.31. The van der Waals surface area contributed by atoms with E-state index >= 15 is 0 Å². The molecule has 1 spiro atoms. The van der Waals surface area contributed by atoms with Crippen molar-refractivity contribution in [2.45, 2.75) is 32.1 Å². The van der Waals surface area contributed by atoms with Crippen molar-refractivity contribution in [3.63, 3.8) is 0 Å². The maximum absolute atomic E-state index is 12.5. The molecular formula is C18H22N4O2. The lowest BCUT2D eigenvalue weighted by atomic mass is 9.77. The summed E-state index contributed by atoms with van der Waals surface area (Å²) in [7, 11) is 0. The largest absolute Gasteiger partial charge is 0.356 e. The minimum Gasteiger partial charge on any atom is -0.356 e. The molecule has 6 nitrogen and oxygen atoms in total. The van der Waals surface area contributed by atoms with Gasteiger partial charge >= 0.3 is 0 Å². The third-order valence-corrected chi connectivity index (χ3v) is 5.39. The molecule has 2 N–H and O–H groups in total. The summed E-state index contributed by atoms with van der Waals surface area (Å²) in [4.78, 5) is 33.7. The van der Waals surface area contributed by atoms with Crippen LogP contribution >= 0.6 is 0 Å². The van der Waals surface area contributed by atoms with Gasteiger partial charge in [-0.25, -0.2) is 4.98 Å². The average Bonchev–Trinajstić information content (AvgIpc) is 3.17. The summed E-state index contributed by atoms with van der Waals surface area (Å²) < 4.78 is 0. The van der Waals surface area contributed by atoms with Crippen molar-refractivity contribution in [1.82, 2.24) is 20.2 Å². The van der Waals surface area contributed by atoms with E-state index in [1.165, 1.54) is 0 Å². The van der Waals surface area contributed by atoms with E-state index in [4.69, 9.17) is 0 Å². The van der Waals surface area contributed by atoms with Gasteiger partial charge in [-0.3, -0.25) is 9.59 Å². The summed E-state index contributed by atoms with van der Waals surface area (Å²) >= 11 is 0.